The van der Waals surface area contributed by atoms with Crippen LogP contribution < -0.4 is 26.8 Å². The van der Waals surface area contributed by atoms with Crippen LogP contribution in [0.3, 0.4) is 0 Å². The average Bonchev–Trinajstić information content (AvgIpc) is 3.25. The van der Waals surface area contributed by atoms with E-state index in [1.54, 1.807) is 36.1 Å². The number of carbonyl (C=O) groups is 2. The van der Waals surface area contributed by atoms with E-state index >= 15 is 0 Å². The molecule has 0 spiro atoms. The summed E-state index contributed by atoms with van der Waals surface area (Å²) in [4.78, 5) is 55.6. The molecule has 0 atom stereocenters. The minimum absolute atomic E-state index is 0.0595. The Morgan fingerprint density at radius 3 is 2.36 bits per heavy atom. The molecule has 9 nitrogen and oxygen atoms in total. The summed E-state index contributed by atoms with van der Waals surface area (Å²) in [6, 6.07) is 15.9. The predicted octanol–water partition coefficient (Wildman–Crippen LogP) is 1.96. The summed E-state index contributed by atoms with van der Waals surface area (Å²) in [6.07, 6.45) is 1.33. The second-order valence-electron chi connectivity index (χ2n) is 7.81. The summed E-state index contributed by atoms with van der Waals surface area (Å²) in [5.41, 5.74) is 6.70. The molecule has 170 valence electrons. The van der Waals surface area contributed by atoms with Crippen molar-refractivity contribution in [2.24, 2.45) is 0 Å². The third kappa shape index (κ3) is 4.30. The molecule has 0 unspecified atom stereocenters. The van der Waals surface area contributed by atoms with Gasteiger partial charge in [-0.1, -0.05) is 30.3 Å². The van der Waals surface area contributed by atoms with Gasteiger partial charge in [0, 0.05) is 30.8 Å². The molecule has 3 aromatic rings. The molecule has 0 bridgehead atoms. The number of anilines is 3. The number of nitrogens with zero attached hydrogens (tertiary/aromatic N) is 3. The van der Waals surface area contributed by atoms with Gasteiger partial charge in [-0.25, -0.2) is 4.79 Å². The molecular formula is C24H25N5O4. The topological polar surface area (TPSA) is 121 Å². The van der Waals surface area contributed by atoms with Crippen molar-refractivity contribution in [3.8, 4) is 0 Å². The SMILES string of the molecule is CCN(C(=O)c1ccc(N2CCCC2=O)cc1)c1c(N)n(Cc2ccccc2)c(=O)[nH]c1=O. The smallest absolute Gasteiger partial charge is 0.330 e. The fourth-order valence-corrected chi connectivity index (χ4v) is 4.03. The Morgan fingerprint density at radius 1 is 1.06 bits per heavy atom. The van der Waals surface area contributed by atoms with Crippen LogP contribution in [-0.2, 0) is 11.3 Å². The van der Waals surface area contributed by atoms with Crippen molar-refractivity contribution in [3.63, 3.8) is 0 Å². The molecule has 1 aromatic heterocycles. The molecule has 0 radical (unpaired) electrons. The Labute approximate surface area is 190 Å². The summed E-state index contributed by atoms with van der Waals surface area (Å²) in [6.45, 7) is 2.70. The minimum atomic E-state index is -0.726. The van der Waals surface area contributed by atoms with Crippen molar-refractivity contribution >= 4 is 29.0 Å². The first-order valence-electron chi connectivity index (χ1n) is 10.8. The lowest BCUT2D eigenvalue weighted by Crippen LogP contribution is -2.41. The third-order valence-corrected chi connectivity index (χ3v) is 5.73. The standard InChI is InChI=1S/C24H25N5O4/c1-2-27(23(32)17-10-12-18(13-11-17)28-14-6-9-19(28)30)20-21(25)29(24(33)26-22(20)31)15-16-7-4-3-5-8-16/h3-5,7-8,10-13H,2,6,9,14-15,25H2,1H3,(H,26,31,33). The number of carbonyl (C=O) groups excluding carboxylic acids is 2. The summed E-state index contributed by atoms with van der Waals surface area (Å²) < 4.78 is 1.24. The van der Waals surface area contributed by atoms with E-state index in [0.29, 0.717) is 18.5 Å². The van der Waals surface area contributed by atoms with E-state index in [1.807, 2.05) is 30.3 Å². The maximum absolute atomic E-state index is 13.3. The number of benzene rings is 2. The summed E-state index contributed by atoms with van der Waals surface area (Å²) in [5, 5.41) is 0. The third-order valence-electron chi connectivity index (χ3n) is 5.73. The number of aromatic nitrogens is 2. The Morgan fingerprint density at radius 2 is 1.76 bits per heavy atom. The first-order chi connectivity index (χ1) is 15.9. The number of aromatic amines is 1. The van der Waals surface area contributed by atoms with Crippen molar-refractivity contribution in [3.05, 3.63) is 86.6 Å². The van der Waals surface area contributed by atoms with Crippen LogP contribution in [0.25, 0.3) is 0 Å². The lowest BCUT2D eigenvalue weighted by atomic mass is 10.1. The number of H-pyrrole nitrogens is 1. The molecule has 3 N–H and O–H groups in total. The highest BCUT2D eigenvalue weighted by Gasteiger charge is 2.25. The van der Waals surface area contributed by atoms with Crippen molar-refractivity contribution in [2.75, 3.05) is 28.6 Å². The van der Waals surface area contributed by atoms with Crippen molar-refractivity contribution in [1.29, 1.82) is 0 Å². The highest BCUT2D eigenvalue weighted by Crippen LogP contribution is 2.24. The molecule has 9 heteroatoms. The molecule has 1 saturated heterocycles. The highest BCUT2D eigenvalue weighted by molar-refractivity contribution is 6.07. The van der Waals surface area contributed by atoms with Gasteiger partial charge in [-0.3, -0.25) is 23.9 Å². The molecule has 1 aliphatic rings. The first-order valence-corrected chi connectivity index (χ1v) is 10.8. The molecule has 0 saturated carbocycles. The average molecular weight is 447 g/mol. The summed E-state index contributed by atoms with van der Waals surface area (Å²) in [5.74, 6) is -0.453. The van der Waals surface area contributed by atoms with E-state index in [9.17, 15) is 19.2 Å². The van der Waals surface area contributed by atoms with Crippen LogP contribution in [0, 0.1) is 0 Å². The van der Waals surface area contributed by atoms with Gasteiger partial charge in [0.05, 0.1) is 6.54 Å². The highest BCUT2D eigenvalue weighted by atomic mass is 16.2. The molecule has 2 heterocycles. The number of rotatable bonds is 6. The van der Waals surface area contributed by atoms with Crippen molar-refractivity contribution < 1.29 is 9.59 Å². The number of hydrogen-bond acceptors (Lipinski definition) is 5. The van der Waals surface area contributed by atoms with Gasteiger partial charge in [-0.05, 0) is 43.2 Å². The molecule has 4 rings (SSSR count). The fraction of sp³-hybridized carbons (Fsp3) is 0.250. The lowest BCUT2D eigenvalue weighted by molar-refractivity contribution is -0.117. The van der Waals surface area contributed by atoms with Crippen LogP contribution in [0.5, 0.6) is 0 Å². The van der Waals surface area contributed by atoms with Gasteiger partial charge in [0.2, 0.25) is 5.91 Å². The summed E-state index contributed by atoms with van der Waals surface area (Å²) in [7, 11) is 0. The van der Waals surface area contributed by atoms with Crippen LogP contribution in [0.15, 0.2) is 64.2 Å². The molecule has 1 aliphatic heterocycles. The first kappa shape index (κ1) is 22.1. The number of nitrogen functional groups attached to an aromatic ring is 1. The molecule has 33 heavy (non-hydrogen) atoms. The van der Waals surface area contributed by atoms with Crippen molar-refractivity contribution in [1.82, 2.24) is 9.55 Å². The van der Waals surface area contributed by atoms with Gasteiger partial charge >= 0.3 is 5.69 Å². The molecular weight excluding hydrogens is 422 g/mol. The number of nitrogens with one attached hydrogen (secondary N) is 1. The Bertz CT molecular complexity index is 1300. The molecule has 1 fully saturated rings. The van der Waals surface area contributed by atoms with Gasteiger partial charge in [0.15, 0.2) is 5.69 Å². The van der Waals surface area contributed by atoms with E-state index in [0.717, 1.165) is 17.7 Å². The van der Waals surface area contributed by atoms with Crippen LogP contribution in [-0.4, -0.2) is 34.5 Å². The Hall–Kier alpha value is -4.14. The predicted molar refractivity (Wildman–Crippen MR) is 127 cm³/mol. The fourth-order valence-electron chi connectivity index (χ4n) is 4.03. The number of amides is 2. The Balaban J connectivity index is 1.67. The monoisotopic (exact) mass is 447 g/mol. The second-order valence-corrected chi connectivity index (χ2v) is 7.81. The van der Waals surface area contributed by atoms with Crippen LogP contribution >= 0.6 is 0 Å². The number of hydrogen-bond donors (Lipinski definition) is 2. The van der Waals surface area contributed by atoms with Gasteiger partial charge in [-0.15, -0.1) is 0 Å². The molecule has 2 amide bonds. The maximum Gasteiger partial charge on any atom is 0.330 e. The van der Waals surface area contributed by atoms with Gasteiger partial charge in [0.1, 0.15) is 5.82 Å². The zero-order chi connectivity index (χ0) is 23.5. The van der Waals surface area contributed by atoms with E-state index < -0.39 is 17.2 Å². The number of nitrogens with two attached hydrogens (primary N) is 1. The molecule has 0 aliphatic carbocycles. The van der Waals surface area contributed by atoms with E-state index in [-0.39, 0.29) is 30.5 Å². The van der Waals surface area contributed by atoms with E-state index in [1.165, 1.54) is 9.47 Å². The zero-order valence-electron chi connectivity index (χ0n) is 18.3. The summed E-state index contributed by atoms with van der Waals surface area (Å²) >= 11 is 0. The zero-order valence-corrected chi connectivity index (χ0v) is 18.3. The maximum atomic E-state index is 13.3. The van der Waals surface area contributed by atoms with Gasteiger partial charge < -0.3 is 15.5 Å². The molecule has 2 aromatic carbocycles. The van der Waals surface area contributed by atoms with Crippen LogP contribution in [0.1, 0.15) is 35.7 Å². The lowest BCUT2D eigenvalue weighted by Gasteiger charge is -2.23. The minimum Gasteiger partial charge on any atom is -0.383 e. The van der Waals surface area contributed by atoms with Crippen molar-refractivity contribution in [2.45, 2.75) is 26.3 Å². The van der Waals surface area contributed by atoms with E-state index in [4.69, 9.17) is 5.73 Å². The van der Waals surface area contributed by atoms with Crippen LogP contribution in [0.4, 0.5) is 17.2 Å². The largest absolute Gasteiger partial charge is 0.383 e. The van der Waals surface area contributed by atoms with Crippen LogP contribution in [0.2, 0.25) is 0 Å². The normalized spacial score (nSPS) is 13.4. The quantitative estimate of drug-likeness (QED) is 0.598. The Kier molecular flexibility index (Phi) is 6.12. The van der Waals surface area contributed by atoms with E-state index in [2.05, 4.69) is 4.98 Å². The second kappa shape index (κ2) is 9.15. The van der Waals surface area contributed by atoms with Gasteiger partial charge in [0.25, 0.3) is 11.5 Å². The van der Waals surface area contributed by atoms with Gasteiger partial charge in [-0.2, -0.15) is 0 Å².